The van der Waals surface area contributed by atoms with Crippen LogP contribution in [0.5, 0.6) is 0 Å². The molecule has 2 heteroatoms. The van der Waals surface area contributed by atoms with Gasteiger partial charge < -0.3 is 4.42 Å². The van der Waals surface area contributed by atoms with Gasteiger partial charge in [-0.1, -0.05) is 39.0 Å². The fourth-order valence-corrected chi connectivity index (χ4v) is 2.07. The molecule has 0 aliphatic rings. The molecule has 0 aliphatic carbocycles. The summed E-state index contributed by atoms with van der Waals surface area (Å²) >= 11 is 0. The van der Waals surface area contributed by atoms with Gasteiger partial charge in [0.05, 0.1) is 0 Å². The summed E-state index contributed by atoms with van der Waals surface area (Å²) < 4.78 is 5.45. The molecule has 0 aliphatic heterocycles. The summed E-state index contributed by atoms with van der Waals surface area (Å²) in [5, 5.41) is 0. The van der Waals surface area contributed by atoms with Gasteiger partial charge in [0, 0.05) is 6.42 Å². The number of furan rings is 1. The van der Waals surface area contributed by atoms with Crippen LogP contribution in [0, 0.1) is 6.92 Å². The van der Waals surface area contributed by atoms with Crippen molar-refractivity contribution in [2.45, 2.75) is 39.5 Å². The van der Waals surface area contributed by atoms with Crippen LogP contribution in [0.15, 0.2) is 34.7 Å². The normalized spacial score (nSPS) is 11.6. The van der Waals surface area contributed by atoms with Crippen molar-refractivity contribution < 1.29 is 9.21 Å². The Morgan fingerprint density at radius 1 is 1.16 bits per heavy atom. The van der Waals surface area contributed by atoms with Gasteiger partial charge in [-0.2, -0.15) is 0 Å². The average Bonchev–Trinajstić information content (AvgIpc) is 2.78. The molecule has 100 valence electrons. The molecule has 0 amide bonds. The molecule has 1 aromatic carbocycles. The Morgan fingerprint density at radius 2 is 1.89 bits per heavy atom. The Kier molecular flexibility index (Phi) is 3.61. The maximum atomic E-state index is 10.6. The SMILES string of the molecule is Cc1ccc(C(C)(C)C)cc1Cc1ccc(C=O)o1. The minimum Gasteiger partial charge on any atom is -0.458 e. The van der Waals surface area contributed by atoms with Gasteiger partial charge in [0.15, 0.2) is 12.0 Å². The summed E-state index contributed by atoms with van der Waals surface area (Å²) in [5.41, 5.74) is 3.95. The van der Waals surface area contributed by atoms with E-state index < -0.39 is 0 Å². The first-order valence-electron chi connectivity index (χ1n) is 6.54. The highest BCUT2D eigenvalue weighted by Gasteiger charge is 2.15. The highest BCUT2D eigenvalue weighted by atomic mass is 16.3. The van der Waals surface area contributed by atoms with E-state index in [1.807, 2.05) is 6.07 Å². The third kappa shape index (κ3) is 3.14. The summed E-state index contributed by atoms with van der Waals surface area (Å²) in [4.78, 5) is 10.6. The predicted molar refractivity (Wildman–Crippen MR) is 76.8 cm³/mol. The van der Waals surface area contributed by atoms with Crippen LogP contribution in [-0.2, 0) is 11.8 Å². The zero-order chi connectivity index (χ0) is 14.0. The van der Waals surface area contributed by atoms with Gasteiger partial charge in [-0.15, -0.1) is 0 Å². The van der Waals surface area contributed by atoms with Gasteiger partial charge in [-0.25, -0.2) is 0 Å². The number of aryl methyl sites for hydroxylation is 1. The molecule has 19 heavy (non-hydrogen) atoms. The third-order valence-corrected chi connectivity index (χ3v) is 3.38. The molecule has 0 saturated carbocycles. The van der Waals surface area contributed by atoms with Crippen LogP contribution in [0.4, 0.5) is 0 Å². The Labute approximate surface area is 114 Å². The summed E-state index contributed by atoms with van der Waals surface area (Å²) in [6, 6.07) is 10.1. The van der Waals surface area contributed by atoms with Crippen molar-refractivity contribution >= 4 is 6.29 Å². The van der Waals surface area contributed by atoms with Crippen molar-refractivity contribution in [2.75, 3.05) is 0 Å². The second kappa shape index (κ2) is 5.04. The number of aldehydes is 1. The first-order chi connectivity index (χ1) is 8.90. The minimum absolute atomic E-state index is 0.138. The molecule has 2 rings (SSSR count). The molecule has 2 nitrogen and oxygen atoms in total. The van der Waals surface area contributed by atoms with Gasteiger partial charge in [0.25, 0.3) is 0 Å². The van der Waals surface area contributed by atoms with E-state index in [1.165, 1.54) is 16.7 Å². The maximum Gasteiger partial charge on any atom is 0.185 e. The van der Waals surface area contributed by atoms with Crippen LogP contribution in [0.3, 0.4) is 0 Å². The predicted octanol–water partition coefficient (Wildman–Crippen LogP) is 4.29. The number of hydrogen-bond donors (Lipinski definition) is 0. The smallest absolute Gasteiger partial charge is 0.185 e. The highest BCUT2D eigenvalue weighted by molar-refractivity contribution is 5.70. The van der Waals surface area contributed by atoms with E-state index in [9.17, 15) is 4.79 Å². The van der Waals surface area contributed by atoms with Crippen molar-refractivity contribution in [3.05, 3.63) is 58.5 Å². The summed E-state index contributed by atoms with van der Waals surface area (Å²) in [5.74, 6) is 1.22. The molecule has 1 heterocycles. The third-order valence-electron chi connectivity index (χ3n) is 3.38. The standard InChI is InChI=1S/C17H20O2/c1-12-5-6-14(17(2,3)4)9-13(12)10-15-7-8-16(11-18)19-15/h5-9,11H,10H2,1-4H3. The lowest BCUT2D eigenvalue weighted by atomic mass is 9.85. The lowest BCUT2D eigenvalue weighted by Gasteiger charge is -2.20. The van der Waals surface area contributed by atoms with E-state index in [-0.39, 0.29) is 5.41 Å². The molecule has 0 fully saturated rings. The topological polar surface area (TPSA) is 30.2 Å². The van der Waals surface area contributed by atoms with E-state index >= 15 is 0 Å². The quantitative estimate of drug-likeness (QED) is 0.767. The maximum absolute atomic E-state index is 10.6. The molecule has 0 radical (unpaired) electrons. The Hall–Kier alpha value is -1.83. The zero-order valence-electron chi connectivity index (χ0n) is 12.0. The lowest BCUT2D eigenvalue weighted by Crippen LogP contribution is -2.11. The van der Waals surface area contributed by atoms with E-state index in [0.29, 0.717) is 5.76 Å². The van der Waals surface area contributed by atoms with E-state index in [2.05, 4.69) is 45.9 Å². The summed E-state index contributed by atoms with van der Waals surface area (Å²) in [6.07, 6.45) is 1.46. The monoisotopic (exact) mass is 256 g/mol. The van der Waals surface area contributed by atoms with E-state index in [0.717, 1.165) is 18.5 Å². The molecule has 0 unspecified atom stereocenters. The molecule has 0 N–H and O–H groups in total. The van der Waals surface area contributed by atoms with Crippen molar-refractivity contribution in [1.29, 1.82) is 0 Å². The number of hydrogen-bond acceptors (Lipinski definition) is 2. The summed E-state index contributed by atoms with van der Waals surface area (Å²) in [6.45, 7) is 8.72. The van der Waals surface area contributed by atoms with Crippen molar-refractivity contribution in [3.63, 3.8) is 0 Å². The molecule has 1 aromatic heterocycles. The Bertz CT molecular complexity index is 586. The van der Waals surface area contributed by atoms with Gasteiger partial charge in [-0.3, -0.25) is 4.79 Å². The molecular formula is C17H20O2. The van der Waals surface area contributed by atoms with Crippen LogP contribution in [0.1, 0.15) is 53.8 Å². The Morgan fingerprint density at radius 3 is 2.47 bits per heavy atom. The van der Waals surface area contributed by atoms with E-state index in [1.54, 1.807) is 6.07 Å². The zero-order valence-corrected chi connectivity index (χ0v) is 12.0. The van der Waals surface area contributed by atoms with Gasteiger partial charge in [-0.05, 0) is 41.2 Å². The number of rotatable bonds is 3. The molecule has 0 spiro atoms. The average molecular weight is 256 g/mol. The van der Waals surface area contributed by atoms with Crippen LogP contribution in [-0.4, -0.2) is 6.29 Å². The van der Waals surface area contributed by atoms with Crippen molar-refractivity contribution in [3.8, 4) is 0 Å². The first-order valence-corrected chi connectivity index (χ1v) is 6.54. The molecule has 2 aromatic rings. The number of benzene rings is 1. The fraction of sp³-hybridized carbons (Fsp3) is 0.353. The second-order valence-corrected chi connectivity index (χ2v) is 5.99. The number of carbonyl (C=O) groups is 1. The minimum atomic E-state index is 0.138. The van der Waals surface area contributed by atoms with Gasteiger partial charge in [0.2, 0.25) is 0 Å². The second-order valence-electron chi connectivity index (χ2n) is 5.99. The Balaban J connectivity index is 2.31. The molecular weight excluding hydrogens is 236 g/mol. The highest BCUT2D eigenvalue weighted by Crippen LogP contribution is 2.26. The van der Waals surface area contributed by atoms with Crippen LogP contribution in [0.2, 0.25) is 0 Å². The summed E-state index contributed by atoms with van der Waals surface area (Å²) in [7, 11) is 0. The van der Waals surface area contributed by atoms with Crippen LogP contribution in [0.25, 0.3) is 0 Å². The lowest BCUT2D eigenvalue weighted by molar-refractivity contribution is 0.109. The number of carbonyl (C=O) groups excluding carboxylic acids is 1. The molecule has 0 bridgehead atoms. The molecule has 0 saturated heterocycles. The van der Waals surface area contributed by atoms with Gasteiger partial charge in [0.1, 0.15) is 5.76 Å². The molecule has 0 atom stereocenters. The van der Waals surface area contributed by atoms with Crippen LogP contribution >= 0.6 is 0 Å². The first kappa shape index (κ1) is 13.6. The van der Waals surface area contributed by atoms with Crippen molar-refractivity contribution in [2.24, 2.45) is 0 Å². The van der Waals surface area contributed by atoms with Gasteiger partial charge >= 0.3 is 0 Å². The van der Waals surface area contributed by atoms with Crippen molar-refractivity contribution in [1.82, 2.24) is 0 Å². The largest absolute Gasteiger partial charge is 0.458 e. The van der Waals surface area contributed by atoms with E-state index in [4.69, 9.17) is 4.42 Å². The van der Waals surface area contributed by atoms with Crippen LogP contribution < -0.4 is 0 Å². The fourth-order valence-electron chi connectivity index (χ4n) is 2.07.